The van der Waals surface area contributed by atoms with Crippen molar-refractivity contribution in [2.75, 3.05) is 19.6 Å². The van der Waals surface area contributed by atoms with Crippen molar-refractivity contribution in [3.63, 3.8) is 0 Å². The van der Waals surface area contributed by atoms with Crippen LogP contribution in [0.5, 0.6) is 0 Å². The van der Waals surface area contributed by atoms with Crippen molar-refractivity contribution >= 4 is 0 Å². The lowest BCUT2D eigenvalue weighted by molar-refractivity contribution is 0.0781. The van der Waals surface area contributed by atoms with Crippen molar-refractivity contribution in [3.05, 3.63) is 0 Å². The maximum Gasteiger partial charge on any atom is 0.0200 e. The molecule has 3 rings (SSSR count). The highest BCUT2D eigenvalue weighted by atomic mass is 15.3. The van der Waals surface area contributed by atoms with Gasteiger partial charge in [0.15, 0.2) is 0 Å². The van der Waals surface area contributed by atoms with Gasteiger partial charge < -0.3 is 5.32 Å². The van der Waals surface area contributed by atoms with Crippen LogP contribution in [0.25, 0.3) is 0 Å². The number of likely N-dealkylation sites (tertiary alicyclic amines) is 1. The molecule has 2 nitrogen and oxygen atoms in total. The number of hydrogen-bond donors (Lipinski definition) is 1. The maximum absolute atomic E-state index is 3.62. The number of hydrogen-bond acceptors (Lipinski definition) is 2. The lowest BCUT2D eigenvalue weighted by atomic mass is 9.76. The van der Waals surface area contributed by atoms with Gasteiger partial charge in [0.2, 0.25) is 0 Å². The van der Waals surface area contributed by atoms with E-state index in [1.54, 1.807) is 0 Å². The fourth-order valence-corrected chi connectivity index (χ4v) is 5.53. The molecule has 2 heteroatoms. The Kier molecular flexibility index (Phi) is 4.16. The Bertz CT molecular complexity index is 368. The highest BCUT2D eigenvalue weighted by molar-refractivity contribution is 5.06. The van der Waals surface area contributed by atoms with Crippen LogP contribution >= 0.6 is 0 Å². The lowest BCUT2D eigenvalue weighted by Crippen LogP contribution is -2.49. The monoisotopic (exact) mass is 292 g/mol. The molecule has 21 heavy (non-hydrogen) atoms. The van der Waals surface area contributed by atoms with Gasteiger partial charge in [-0.05, 0) is 69.2 Å². The summed E-state index contributed by atoms with van der Waals surface area (Å²) in [6.07, 6.45) is 7.19. The van der Waals surface area contributed by atoms with Crippen LogP contribution in [-0.2, 0) is 0 Å². The number of nitrogens with zero attached hydrogens (tertiary/aromatic N) is 1. The second-order valence-corrected chi connectivity index (χ2v) is 9.56. The Morgan fingerprint density at radius 1 is 1.00 bits per heavy atom. The van der Waals surface area contributed by atoms with Crippen LogP contribution in [-0.4, -0.2) is 36.1 Å². The number of fused-ring (bicyclic) bond motifs is 1. The van der Waals surface area contributed by atoms with Gasteiger partial charge in [-0.2, -0.15) is 0 Å². The fraction of sp³-hybridized carbons (Fsp3) is 1.00. The van der Waals surface area contributed by atoms with Crippen LogP contribution in [0.1, 0.15) is 66.7 Å². The number of rotatable bonds is 1. The summed E-state index contributed by atoms with van der Waals surface area (Å²) in [5.74, 6) is 2.70. The van der Waals surface area contributed by atoms with Crippen LogP contribution in [0.3, 0.4) is 0 Å². The largest absolute Gasteiger partial charge is 0.316 e. The van der Waals surface area contributed by atoms with Crippen molar-refractivity contribution in [3.8, 4) is 0 Å². The van der Waals surface area contributed by atoms with Crippen LogP contribution < -0.4 is 5.32 Å². The van der Waals surface area contributed by atoms with E-state index in [2.05, 4.69) is 44.8 Å². The summed E-state index contributed by atoms with van der Waals surface area (Å²) in [6.45, 7) is 16.2. The van der Waals surface area contributed by atoms with E-state index in [4.69, 9.17) is 0 Å². The minimum absolute atomic E-state index is 0.403. The van der Waals surface area contributed by atoms with E-state index in [-0.39, 0.29) is 0 Å². The summed E-state index contributed by atoms with van der Waals surface area (Å²) in [5.41, 5.74) is 0.899. The summed E-state index contributed by atoms with van der Waals surface area (Å²) >= 11 is 0. The molecule has 0 amide bonds. The van der Waals surface area contributed by atoms with Gasteiger partial charge in [0.1, 0.15) is 0 Å². The first-order chi connectivity index (χ1) is 9.80. The van der Waals surface area contributed by atoms with Gasteiger partial charge in [-0.1, -0.05) is 27.2 Å². The number of nitrogens with one attached hydrogen (secondary N) is 1. The van der Waals surface area contributed by atoms with Crippen molar-refractivity contribution in [1.29, 1.82) is 0 Å². The van der Waals surface area contributed by atoms with Crippen molar-refractivity contribution in [1.82, 2.24) is 10.2 Å². The third-order valence-electron chi connectivity index (χ3n) is 7.02. The van der Waals surface area contributed by atoms with E-state index in [0.717, 1.165) is 23.8 Å². The molecule has 0 aromatic rings. The third-order valence-corrected chi connectivity index (χ3v) is 7.02. The highest BCUT2D eigenvalue weighted by Crippen LogP contribution is 2.45. The molecule has 0 aromatic heterocycles. The van der Waals surface area contributed by atoms with E-state index >= 15 is 0 Å². The Morgan fingerprint density at radius 3 is 2.43 bits per heavy atom. The van der Waals surface area contributed by atoms with Crippen molar-refractivity contribution in [2.45, 2.75) is 78.3 Å². The Hall–Kier alpha value is -0.0800. The quantitative estimate of drug-likeness (QED) is 0.737. The zero-order valence-electron chi connectivity index (χ0n) is 14.9. The maximum atomic E-state index is 3.62. The minimum Gasteiger partial charge on any atom is -0.316 e. The summed E-state index contributed by atoms with van der Waals surface area (Å²) < 4.78 is 0. The first kappa shape index (κ1) is 15.8. The topological polar surface area (TPSA) is 15.3 Å². The average Bonchev–Trinajstić information content (AvgIpc) is 2.82. The van der Waals surface area contributed by atoms with E-state index in [1.165, 1.54) is 51.7 Å². The molecule has 2 heterocycles. The second-order valence-electron chi connectivity index (χ2n) is 9.56. The molecule has 0 aromatic carbocycles. The van der Waals surface area contributed by atoms with E-state index in [9.17, 15) is 0 Å². The van der Waals surface area contributed by atoms with Crippen LogP contribution in [0.2, 0.25) is 0 Å². The smallest absolute Gasteiger partial charge is 0.0200 e. The summed E-state index contributed by atoms with van der Waals surface area (Å²) in [7, 11) is 0. The minimum atomic E-state index is 0.403. The first-order valence-corrected chi connectivity index (χ1v) is 9.27. The van der Waals surface area contributed by atoms with E-state index in [0.29, 0.717) is 11.0 Å². The van der Waals surface area contributed by atoms with Gasteiger partial charge in [-0.15, -0.1) is 0 Å². The molecule has 4 unspecified atom stereocenters. The molecule has 0 spiro atoms. The van der Waals surface area contributed by atoms with Crippen molar-refractivity contribution in [2.24, 2.45) is 23.2 Å². The van der Waals surface area contributed by atoms with Gasteiger partial charge in [0.25, 0.3) is 0 Å². The molecule has 0 radical (unpaired) electrons. The third kappa shape index (κ3) is 2.91. The van der Waals surface area contributed by atoms with Gasteiger partial charge in [-0.3, -0.25) is 4.90 Å². The molecule has 1 aliphatic carbocycles. The molecule has 4 atom stereocenters. The molecule has 3 fully saturated rings. The normalized spacial score (nSPS) is 41.0. The molecule has 1 N–H and O–H groups in total. The average molecular weight is 293 g/mol. The summed E-state index contributed by atoms with van der Waals surface area (Å²) in [6, 6.07) is 0.845. The first-order valence-electron chi connectivity index (χ1n) is 9.27. The van der Waals surface area contributed by atoms with Crippen LogP contribution in [0, 0.1) is 23.2 Å². The zero-order chi connectivity index (χ0) is 15.3. The Labute approximate surface area is 132 Å². The standard InChI is InChI=1S/C19H36N2/c1-18(2,3)15-7-6-8-16(10-9-15)21-13-14-11-20-12-17(14)19(21,4)5/h14-17,20H,6-13H2,1-5H3. The molecule has 2 saturated heterocycles. The zero-order valence-corrected chi connectivity index (χ0v) is 14.9. The molecular formula is C19H36N2. The molecular weight excluding hydrogens is 256 g/mol. The van der Waals surface area contributed by atoms with Crippen LogP contribution in [0.4, 0.5) is 0 Å². The Balaban J connectivity index is 1.68. The Morgan fingerprint density at radius 2 is 1.76 bits per heavy atom. The molecule has 1 saturated carbocycles. The SMILES string of the molecule is CC(C)(C)C1CCCC(N2CC3CNCC3C2(C)C)CC1. The molecule has 0 bridgehead atoms. The fourth-order valence-electron chi connectivity index (χ4n) is 5.53. The van der Waals surface area contributed by atoms with Gasteiger partial charge in [-0.25, -0.2) is 0 Å². The lowest BCUT2D eigenvalue weighted by Gasteiger charge is -2.41. The van der Waals surface area contributed by atoms with Crippen LogP contribution in [0.15, 0.2) is 0 Å². The second kappa shape index (κ2) is 5.53. The van der Waals surface area contributed by atoms with Gasteiger partial charge in [0, 0.05) is 24.7 Å². The van der Waals surface area contributed by atoms with Gasteiger partial charge >= 0.3 is 0 Å². The van der Waals surface area contributed by atoms with E-state index < -0.39 is 0 Å². The summed E-state index contributed by atoms with van der Waals surface area (Å²) in [4.78, 5) is 2.91. The highest BCUT2D eigenvalue weighted by Gasteiger charge is 2.51. The van der Waals surface area contributed by atoms with Gasteiger partial charge in [0.05, 0.1) is 0 Å². The predicted octanol–water partition coefficient (Wildman–Crippen LogP) is 3.91. The van der Waals surface area contributed by atoms with E-state index in [1.807, 2.05) is 0 Å². The predicted molar refractivity (Wildman–Crippen MR) is 90.5 cm³/mol. The molecule has 3 aliphatic rings. The molecule has 122 valence electrons. The molecule has 2 aliphatic heterocycles. The summed E-state index contributed by atoms with van der Waals surface area (Å²) in [5, 5.41) is 3.62. The van der Waals surface area contributed by atoms with Crippen molar-refractivity contribution < 1.29 is 0 Å².